The summed E-state index contributed by atoms with van der Waals surface area (Å²) in [4.78, 5) is 8.33. The standard InChI is InChI=1S/C15H18N2O2/c1-10(2)19-13-6-4-5-12(7-13)15(18)14-9-16-11(3)8-17-14/h4-10,15,18H,1-3H3. The van der Waals surface area contributed by atoms with Crippen LogP contribution in [0.15, 0.2) is 36.7 Å². The molecule has 0 amide bonds. The Morgan fingerprint density at radius 3 is 2.58 bits per heavy atom. The summed E-state index contributed by atoms with van der Waals surface area (Å²) in [5.41, 5.74) is 2.11. The first-order valence-corrected chi connectivity index (χ1v) is 6.29. The monoisotopic (exact) mass is 258 g/mol. The third-order valence-corrected chi connectivity index (χ3v) is 2.63. The molecule has 1 aromatic carbocycles. The van der Waals surface area contributed by atoms with Crippen LogP contribution in [0.25, 0.3) is 0 Å². The fourth-order valence-electron chi connectivity index (χ4n) is 1.74. The number of benzene rings is 1. The Bertz CT molecular complexity index is 538. The molecule has 4 nitrogen and oxygen atoms in total. The number of hydrogen-bond donors (Lipinski definition) is 1. The normalized spacial score (nSPS) is 12.5. The highest BCUT2D eigenvalue weighted by Crippen LogP contribution is 2.24. The van der Waals surface area contributed by atoms with E-state index in [0.29, 0.717) is 5.69 Å². The number of aryl methyl sites for hydroxylation is 1. The highest BCUT2D eigenvalue weighted by Gasteiger charge is 2.13. The van der Waals surface area contributed by atoms with Gasteiger partial charge in [-0.3, -0.25) is 9.97 Å². The van der Waals surface area contributed by atoms with Crippen LogP contribution in [0, 0.1) is 6.92 Å². The second kappa shape index (κ2) is 5.80. The van der Waals surface area contributed by atoms with Gasteiger partial charge in [0.1, 0.15) is 11.9 Å². The van der Waals surface area contributed by atoms with Crippen molar-refractivity contribution in [2.75, 3.05) is 0 Å². The highest BCUT2D eigenvalue weighted by atomic mass is 16.5. The number of ether oxygens (including phenoxy) is 1. The molecule has 2 rings (SSSR count). The first-order valence-electron chi connectivity index (χ1n) is 6.29. The number of nitrogens with zero attached hydrogens (tertiary/aromatic N) is 2. The number of aromatic nitrogens is 2. The lowest BCUT2D eigenvalue weighted by atomic mass is 10.1. The minimum Gasteiger partial charge on any atom is -0.491 e. The van der Waals surface area contributed by atoms with E-state index in [2.05, 4.69) is 9.97 Å². The van der Waals surface area contributed by atoms with Crippen LogP contribution >= 0.6 is 0 Å². The summed E-state index contributed by atoms with van der Waals surface area (Å²) in [6, 6.07) is 7.40. The van der Waals surface area contributed by atoms with E-state index in [9.17, 15) is 5.11 Å². The summed E-state index contributed by atoms with van der Waals surface area (Å²) in [6.07, 6.45) is 2.55. The van der Waals surface area contributed by atoms with E-state index in [1.54, 1.807) is 12.4 Å². The molecule has 100 valence electrons. The van der Waals surface area contributed by atoms with Gasteiger partial charge in [-0.15, -0.1) is 0 Å². The van der Waals surface area contributed by atoms with E-state index in [4.69, 9.17) is 4.74 Å². The molecule has 4 heteroatoms. The molecule has 0 bridgehead atoms. The third-order valence-electron chi connectivity index (χ3n) is 2.63. The Morgan fingerprint density at radius 2 is 1.95 bits per heavy atom. The van der Waals surface area contributed by atoms with E-state index in [1.807, 2.05) is 45.0 Å². The van der Waals surface area contributed by atoms with Gasteiger partial charge < -0.3 is 9.84 Å². The van der Waals surface area contributed by atoms with E-state index >= 15 is 0 Å². The molecular formula is C15H18N2O2. The lowest BCUT2D eigenvalue weighted by Crippen LogP contribution is -2.07. The van der Waals surface area contributed by atoms with Crippen molar-refractivity contribution in [3.05, 3.63) is 53.6 Å². The predicted molar refractivity (Wildman–Crippen MR) is 73.0 cm³/mol. The van der Waals surface area contributed by atoms with E-state index in [-0.39, 0.29) is 6.10 Å². The van der Waals surface area contributed by atoms with Crippen LogP contribution in [0.4, 0.5) is 0 Å². The van der Waals surface area contributed by atoms with Crippen molar-refractivity contribution in [2.24, 2.45) is 0 Å². The molecule has 1 N–H and O–H groups in total. The van der Waals surface area contributed by atoms with Gasteiger partial charge in [0.25, 0.3) is 0 Å². The Balaban J connectivity index is 2.23. The molecule has 1 unspecified atom stereocenters. The van der Waals surface area contributed by atoms with Gasteiger partial charge in [-0.1, -0.05) is 12.1 Å². The molecule has 0 spiro atoms. The SMILES string of the molecule is Cc1cnc(C(O)c2cccc(OC(C)C)c2)cn1. The first-order chi connectivity index (χ1) is 9.06. The lowest BCUT2D eigenvalue weighted by molar-refractivity contribution is 0.211. The molecule has 19 heavy (non-hydrogen) atoms. The van der Waals surface area contributed by atoms with Crippen molar-refractivity contribution in [3.63, 3.8) is 0 Å². The molecule has 0 aliphatic heterocycles. The summed E-state index contributed by atoms with van der Waals surface area (Å²) < 4.78 is 5.61. The number of aliphatic hydroxyl groups excluding tert-OH is 1. The molecule has 1 aromatic heterocycles. The van der Waals surface area contributed by atoms with Crippen molar-refractivity contribution < 1.29 is 9.84 Å². The zero-order valence-electron chi connectivity index (χ0n) is 11.4. The Kier molecular flexibility index (Phi) is 4.12. The molecule has 2 aromatic rings. The summed E-state index contributed by atoms with van der Waals surface area (Å²) >= 11 is 0. The molecule has 0 fully saturated rings. The van der Waals surface area contributed by atoms with Crippen LogP contribution in [0.1, 0.15) is 36.9 Å². The fourth-order valence-corrected chi connectivity index (χ4v) is 1.74. The van der Waals surface area contributed by atoms with Gasteiger partial charge in [-0.05, 0) is 38.5 Å². The van der Waals surface area contributed by atoms with Crippen LogP contribution in [-0.2, 0) is 0 Å². The molecule has 1 heterocycles. The topological polar surface area (TPSA) is 55.2 Å². The smallest absolute Gasteiger partial charge is 0.123 e. The van der Waals surface area contributed by atoms with Gasteiger partial charge in [-0.2, -0.15) is 0 Å². The van der Waals surface area contributed by atoms with Crippen molar-refractivity contribution >= 4 is 0 Å². The van der Waals surface area contributed by atoms with E-state index in [0.717, 1.165) is 17.0 Å². The predicted octanol–water partition coefficient (Wildman–Crippen LogP) is 2.65. The minimum absolute atomic E-state index is 0.103. The lowest BCUT2D eigenvalue weighted by Gasteiger charge is -2.14. The van der Waals surface area contributed by atoms with E-state index < -0.39 is 6.10 Å². The van der Waals surface area contributed by atoms with Gasteiger partial charge in [0, 0.05) is 6.20 Å². The molecule has 0 saturated carbocycles. The Labute approximate surface area is 113 Å². The van der Waals surface area contributed by atoms with Crippen molar-refractivity contribution in [1.82, 2.24) is 9.97 Å². The zero-order chi connectivity index (χ0) is 13.8. The summed E-state index contributed by atoms with van der Waals surface area (Å²) in [7, 11) is 0. The Hall–Kier alpha value is -1.94. The van der Waals surface area contributed by atoms with Crippen LogP contribution in [0.2, 0.25) is 0 Å². The van der Waals surface area contributed by atoms with Crippen molar-refractivity contribution in [2.45, 2.75) is 33.0 Å². The average molecular weight is 258 g/mol. The van der Waals surface area contributed by atoms with E-state index in [1.165, 1.54) is 0 Å². The number of aliphatic hydroxyl groups is 1. The van der Waals surface area contributed by atoms with Gasteiger partial charge in [0.2, 0.25) is 0 Å². The molecule has 0 aliphatic carbocycles. The summed E-state index contributed by atoms with van der Waals surface area (Å²) in [5, 5.41) is 10.3. The summed E-state index contributed by atoms with van der Waals surface area (Å²) in [6.45, 7) is 5.80. The second-order valence-electron chi connectivity index (χ2n) is 4.72. The maximum absolute atomic E-state index is 10.3. The molecule has 1 atom stereocenters. The number of hydrogen-bond acceptors (Lipinski definition) is 4. The third kappa shape index (κ3) is 3.51. The van der Waals surface area contributed by atoms with Gasteiger partial charge in [0.05, 0.1) is 23.7 Å². The quantitative estimate of drug-likeness (QED) is 0.916. The molecular weight excluding hydrogens is 240 g/mol. The van der Waals surface area contributed by atoms with Crippen LogP contribution in [0.3, 0.4) is 0 Å². The maximum atomic E-state index is 10.3. The fraction of sp³-hybridized carbons (Fsp3) is 0.333. The number of rotatable bonds is 4. The van der Waals surface area contributed by atoms with Crippen molar-refractivity contribution in [3.8, 4) is 5.75 Å². The maximum Gasteiger partial charge on any atom is 0.123 e. The van der Waals surface area contributed by atoms with Gasteiger partial charge in [-0.25, -0.2) is 0 Å². The molecule has 0 aliphatic rings. The van der Waals surface area contributed by atoms with Gasteiger partial charge >= 0.3 is 0 Å². The first kappa shape index (κ1) is 13.5. The second-order valence-corrected chi connectivity index (χ2v) is 4.72. The average Bonchev–Trinajstić information content (AvgIpc) is 2.38. The Morgan fingerprint density at radius 1 is 1.16 bits per heavy atom. The summed E-state index contributed by atoms with van der Waals surface area (Å²) in [5.74, 6) is 0.742. The molecule has 0 radical (unpaired) electrons. The minimum atomic E-state index is -0.788. The van der Waals surface area contributed by atoms with Crippen molar-refractivity contribution in [1.29, 1.82) is 0 Å². The molecule has 0 saturated heterocycles. The van der Waals surface area contributed by atoms with Crippen LogP contribution in [-0.4, -0.2) is 21.2 Å². The highest BCUT2D eigenvalue weighted by molar-refractivity contribution is 5.33. The largest absolute Gasteiger partial charge is 0.491 e. The van der Waals surface area contributed by atoms with Gasteiger partial charge in [0.15, 0.2) is 0 Å². The van der Waals surface area contributed by atoms with Crippen LogP contribution < -0.4 is 4.74 Å². The van der Waals surface area contributed by atoms with Crippen LogP contribution in [0.5, 0.6) is 5.75 Å². The zero-order valence-corrected chi connectivity index (χ0v) is 11.4.